The molecule has 39 heavy (non-hydrogen) atoms. The summed E-state index contributed by atoms with van der Waals surface area (Å²) < 4.78 is 0. The summed E-state index contributed by atoms with van der Waals surface area (Å²) in [5.74, 6) is -3.38. The molecule has 0 aliphatic heterocycles. The van der Waals surface area contributed by atoms with Gasteiger partial charge in [0, 0.05) is 25.2 Å². The van der Waals surface area contributed by atoms with Crippen molar-refractivity contribution in [2.75, 3.05) is 0 Å². The molecule has 5 heteroatoms. The van der Waals surface area contributed by atoms with Crippen LogP contribution in [0, 0.1) is 5.92 Å². The molecule has 0 fully saturated rings. The van der Waals surface area contributed by atoms with E-state index in [2.05, 4.69) is 19.2 Å². The van der Waals surface area contributed by atoms with Crippen LogP contribution in [0.2, 0.25) is 0 Å². The van der Waals surface area contributed by atoms with Crippen LogP contribution in [0.1, 0.15) is 194 Å². The minimum atomic E-state index is -2.33. The third kappa shape index (κ3) is 25.8. The molecule has 3 N–H and O–H groups in total. The molecule has 0 saturated heterocycles. The van der Waals surface area contributed by atoms with E-state index in [4.69, 9.17) is 0 Å². The predicted octanol–water partition coefficient (Wildman–Crippen LogP) is 9.52. The van der Waals surface area contributed by atoms with E-state index in [9.17, 15) is 19.8 Å². The number of carbonyl (C=O) groups is 2. The molecule has 0 rings (SSSR count). The first-order chi connectivity index (χ1) is 18.8. The smallest absolute Gasteiger partial charge is 0.249 e. The van der Waals surface area contributed by atoms with Crippen molar-refractivity contribution in [2.24, 2.45) is 5.92 Å². The van der Waals surface area contributed by atoms with Crippen LogP contribution in [0.5, 0.6) is 0 Å². The number of ketones is 1. The minimum absolute atomic E-state index is 0.0386. The first-order valence-corrected chi connectivity index (χ1v) is 17.1. The van der Waals surface area contributed by atoms with E-state index in [1.807, 2.05) is 0 Å². The Morgan fingerprint density at radius 2 is 0.846 bits per heavy atom. The lowest BCUT2D eigenvalue weighted by Crippen LogP contribution is -2.53. The van der Waals surface area contributed by atoms with Crippen molar-refractivity contribution in [3.8, 4) is 0 Å². The second-order valence-electron chi connectivity index (χ2n) is 12.2. The van der Waals surface area contributed by atoms with Gasteiger partial charge in [-0.05, 0) is 12.8 Å². The highest BCUT2D eigenvalue weighted by Crippen LogP contribution is 2.19. The van der Waals surface area contributed by atoms with Crippen molar-refractivity contribution >= 4 is 11.7 Å². The highest BCUT2D eigenvalue weighted by molar-refractivity contribution is 5.79. The second kappa shape index (κ2) is 27.2. The van der Waals surface area contributed by atoms with E-state index >= 15 is 0 Å². The molecular weight excluding hydrogens is 486 g/mol. The molecule has 0 aromatic carbocycles. The van der Waals surface area contributed by atoms with Crippen LogP contribution in [0.4, 0.5) is 0 Å². The van der Waals surface area contributed by atoms with Gasteiger partial charge >= 0.3 is 0 Å². The van der Waals surface area contributed by atoms with E-state index in [1.165, 1.54) is 116 Å². The lowest BCUT2D eigenvalue weighted by atomic mass is 9.97. The average Bonchev–Trinajstić information content (AvgIpc) is 2.89. The fraction of sp³-hybridized carbons (Fsp3) is 0.941. The molecule has 1 unspecified atom stereocenters. The molecule has 0 aliphatic rings. The van der Waals surface area contributed by atoms with Gasteiger partial charge in [0.25, 0.3) is 0 Å². The van der Waals surface area contributed by atoms with Crippen molar-refractivity contribution < 1.29 is 19.8 Å². The molecule has 5 nitrogen and oxygen atoms in total. The number of aliphatic hydroxyl groups is 2. The second-order valence-corrected chi connectivity index (χ2v) is 12.2. The summed E-state index contributed by atoms with van der Waals surface area (Å²) in [6, 6.07) is 0. The highest BCUT2D eigenvalue weighted by atomic mass is 16.5. The Morgan fingerprint density at radius 1 is 0.538 bits per heavy atom. The fourth-order valence-electron chi connectivity index (χ4n) is 5.27. The minimum Gasteiger partial charge on any atom is -0.349 e. The molecule has 0 aromatic rings. The maximum Gasteiger partial charge on any atom is 0.249 e. The zero-order chi connectivity index (χ0) is 29.0. The number of hydrogen-bond acceptors (Lipinski definition) is 4. The summed E-state index contributed by atoms with van der Waals surface area (Å²) in [7, 11) is 0. The number of hydrogen-bond donors (Lipinski definition) is 3. The zero-order valence-corrected chi connectivity index (χ0v) is 26.4. The fourth-order valence-corrected chi connectivity index (χ4v) is 5.27. The molecule has 0 bridgehead atoms. The van der Waals surface area contributed by atoms with Crippen LogP contribution in [-0.2, 0) is 9.59 Å². The van der Waals surface area contributed by atoms with Crippen LogP contribution in [-0.4, -0.2) is 27.8 Å². The molecule has 0 saturated carbocycles. The summed E-state index contributed by atoms with van der Waals surface area (Å²) in [5.41, 5.74) is 0. The van der Waals surface area contributed by atoms with E-state index < -0.39 is 11.8 Å². The van der Waals surface area contributed by atoms with Gasteiger partial charge in [0.1, 0.15) is 5.78 Å². The number of rotatable bonds is 30. The van der Waals surface area contributed by atoms with Crippen LogP contribution >= 0.6 is 0 Å². The van der Waals surface area contributed by atoms with Gasteiger partial charge in [-0.15, -0.1) is 0 Å². The van der Waals surface area contributed by atoms with Gasteiger partial charge < -0.3 is 15.5 Å². The van der Waals surface area contributed by atoms with Crippen LogP contribution in [0.25, 0.3) is 0 Å². The van der Waals surface area contributed by atoms with Gasteiger partial charge in [0.05, 0.1) is 0 Å². The Labute approximate surface area is 242 Å². The molecule has 1 amide bonds. The monoisotopic (exact) mass is 554 g/mol. The quantitative estimate of drug-likeness (QED) is 0.0610. The van der Waals surface area contributed by atoms with Gasteiger partial charge in [-0.25, -0.2) is 0 Å². The van der Waals surface area contributed by atoms with Gasteiger partial charge in [0.15, 0.2) is 0 Å². The maximum atomic E-state index is 12.3. The molecule has 0 heterocycles. The molecule has 1 atom stereocenters. The van der Waals surface area contributed by atoms with E-state index in [0.29, 0.717) is 12.8 Å². The standard InChI is InChI=1S/C34H67NO4/c1-4-6-8-10-12-14-16-17-19-21-23-25-27-29-33(37)35-34(38,39)31(3)30-32(36)28-26-24-22-20-18-15-13-11-9-7-5-2/h31,38-39H,4-30H2,1-3H3,(H,35,37). The lowest BCUT2D eigenvalue weighted by Gasteiger charge is -2.29. The van der Waals surface area contributed by atoms with E-state index in [1.54, 1.807) is 6.92 Å². The van der Waals surface area contributed by atoms with Crippen molar-refractivity contribution in [1.82, 2.24) is 5.32 Å². The average molecular weight is 554 g/mol. The van der Waals surface area contributed by atoms with E-state index in [-0.39, 0.29) is 18.1 Å². The number of nitrogens with one attached hydrogen (secondary N) is 1. The van der Waals surface area contributed by atoms with E-state index in [0.717, 1.165) is 38.5 Å². The Morgan fingerprint density at radius 3 is 1.21 bits per heavy atom. The van der Waals surface area contributed by atoms with Gasteiger partial charge in [-0.2, -0.15) is 0 Å². The Bertz CT molecular complexity index is 563. The highest BCUT2D eigenvalue weighted by Gasteiger charge is 2.34. The summed E-state index contributed by atoms with van der Waals surface area (Å²) in [6.07, 6.45) is 30.6. The molecule has 0 spiro atoms. The third-order valence-electron chi connectivity index (χ3n) is 8.11. The molecule has 0 radical (unpaired) electrons. The third-order valence-corrected chi connectivity index (χ3v) is 8.11. The van der Waals surface area contributed by atoms with Crippen molar-refractivity contribution in [1.29, 1.82) is 0 Å². The van der Waals surface area contributed by atoms with Gasteiger partial charge in [-0.1, -0.05) is 162 Å². The van der Waals surface area contributed by atoms with Crippen molar-refractivity contribution in [3.63, 3.8) is 0 Å². The number of amides is 1. The SMILES string of the molecule is CCCCCCCCCCCCCCCC(=O)NC(O)(O)C(C)CC(=O)CCCCCCCCCCCCC. The summed E-state index contributed by atoms with van der Waals surface area (Å²) >= 11 is 0. The van der Waals surface area contributed by atoms with Crippen LogP contribution in [0.3, 0.4) is 0 Å². The Hall–Kier alpha value is -0.940. The largest absolute Gasteiger partial charge is 0.349 e. The Kier molecular flexibility index (Phi) is 26.6. The van der Waals surface area contributed by atoms with Gasteiger partial charge in [-0.3, -0.25) is 9.59 Å². The summed E-state index contributed by atoms with van der Waals surface area (Å²) in [6.45, 7) is 6.11. The lowest BCUT2D eigenvalue weighted by molar-refractivity contribution is -0.220. The van der Waals surface area contributed by atoms with Crippen LogP contribution in [0.15, 0.2) is 0 Å². The van der Waals surface area contributed by atoms with Crippen LogP contribution < -0.4 is 5.32 Å². The van der Waals surface area contributed by atoms with Crippen molar-refractivity contribution in [2.45, 2.75) is 200 Å². The number of carbonyl (C=O) groups excluding carboxylic acids is 2. The molecule has 0 aromatic heterocycles. The number of Topliss-reactive ketones (excluding diaryl/α,β-unsaturated/α-hetero) is 1. The van der Waals surface area contributed by atoms with Crippen molar-refractivity contribution in [3.05, 3.63) is 0 Å². The summed E-state index contributed by atoms with van der Waals surface area (Å²) in [5, 5.41) is 23.0. The molecule has 0 aliphatic carbocycles. The first-order valence-electron chi connectivity index (χ1n) is 17.1. The molecular formula is C34H67NO4. The zero-order valence-electron chi connectivity index (χ0n) is 26.4. The normalized spacial score (nSPS) is 12.5. The predicted molar refractivity (Wildman–Crippen MR) is 165 cm³/mol. The maximum absolute atomic E-state index is 12.3. The Balaban J connectivity index is 3.71. The number of unbranched alkanes of at least 4 members (excludes halogenated alkanes) is 22. The molecule has 232 valence electrons. The summed E-state index contributed by atoms with van der Waals surface area (Å²) in [4.78, 5) is 24.5. The topological polar surface area (TPSA) is 86.6 Å². The van der Waals surface area contributed by atoms with Gasteiger partial charge in [0.2, 0.25) is 11.8 Å². The first kappa shape index (κ1) is 38.1.